The van der Waals surface area contributed by atoms with Crippen LogP contribution in [0.25, 0.3) is 11.3 Å². The van der Waals surface area contributed by atoms with E-state index < -0.39 is 4.92 Å². The van der Waals surface area contributed by atoms with Gasteiger partial charge in [0.1, 0.15) is 12.1 Å². The fraction of sp³-hybridized carbons (Fsp3) is 0.231. The minimum absolute atomic E-state index is 0.149. The van der Waals surface area contributed by atoms with Crippen LogP contribution in [-0.4, -0.2) is 28.5 Å². The Morgan fingerprint density at radius 3 is 2.85 bits per heavy atom. The second-order valence-electron chi connectivity index (χ2n) is 3.89. The third-order valence-corrected chi connectivity index (χ3v) is 2.66. The van der Waals surface area contributed by atoms with Crippen LogP contribution in [0.15, 0.2) is 30.6 Å². The van der Waals surface area contributed by atoms with Crippen LogP contribution in [0.2, 0.25) is 0 Å². The molecule has 0 atom stereocenters. The van der Waals surface area contributed by atoms with E-state index >= 15 is 0 Å². The molecule has 1 aromatic heterocycles. The number of ether oxygens (including phenoxy) is 1. The van der Waals surface area contributed by atoms with Crippen LogP contribution in [0.4, 0.5) is 11.5 Å². The van der Waals surface area contributed by atoms with Crippen LogP contribution >= 0.6 is 0 Å². The van der Waals surface area contributed by atoms with Crippen LogP contribution in [0, 0.1) is 10.1 Å². The van der Waals surface area contributed by atoms with Gasteiger partial charge in [0.15, 0.2) is 5.69 Å². The van der Waals surface area contributed by atoms with Crippen molar-refractivity contribution in [2.24, 2.45) is 0 Å². The van der Waals surface area contributed by atoms with Crippen LogP contribution in [0.3, 0.4) is 0 Å². The smallest absolute Gasteiger partial charge is 0.337 e. The number of hydrogen-bond donors (Lipinski definition) is 1. The monoisotopic (exact) mass is 274 g/mol. The Labute approximate surface area is 115 Å². The van der Waals surface area contributed by atoms with E-state index in [1.165, 1.54) is 6.33 Å². The van der Waals surface area contributed by atoms with Crippen molar-refractivity contribution in [1.82, 2.24) is 9.97 Å². The van der Waals surface area contributed by atoms with E-state index in [1.807, 2.05) is 6.92 Å². The maximum Gasteiger partial charge on any atom is 0.337 e. The van der Waals surface area contributed by atoms with Crippen LogP contribution < -0.4 is 10.1 Å². The van der Waals surface area contributed by atoms with Crippen molar-refractivity contribution in [2.75, 3.05) is 19.0 Å². The molecular formula is C13H14N4O3. The number of anilines is 1. The second kappa shape index (κ2) is 5.96. The summed E-state index contributed by atoms with van der Waals surface area (Å²) in [6.45, 7) is 2.40. The van der Waals surface area contributed by atoms with Gasteiger partial charge in [-0.05, 0) is 19.1 Å². The average molecular weight is 274 g/mol. The molecular weight excluding hydrogens is 260 g/mol. The van der Waals surface area contributed by atoms with Gasteiger partial charge in [-0.25, -0.2) is 9.97 Å². The Bertz CT molecular complexity index is 631. The average Bonchev–Trinajstić information content (AvgIpc) is 2.47. The molecule has 104 valence electrons. The number of aromatic nitrogens is 2. The van der Waals surface area contributed by atoms with Crippen molar-refractivity contribution in [3.05, 3.63) is 40.7 Å². The van der Waals surface area contributed by atoms with E-state index in [-0.39, 0.29) is 17.2 Å². The first kappa shape index (κ1) is 13.7. The minimum Gasteiger partial charge on any atom is -0.494 e. The summed E-state index contributed by atoms with van der Waals surface area (Å²) in [6, 6.07) is 7.03. The highest BCUT2D eigenvalue weighted by Crippen LogP contribution is 2.33. The van der Waals surface area contributed by atoms with Crippen LogP contribution in [-0.2, 0) is 0 Å². The zero-order valence-corrected chi connectivity index (χ0v) is 11.2. The van der Waals surface area contributed by atoms with Gasteiger partial charge < -0.3 is 10.1 Å². The standard InChI is InChI=1S/C13H14N4O3/c1-3-20-10-6-4-5-9(7-10)11-12(17(18)19)13(14-2)16-8-15-11/h4-8H,3H2,1-2H3,(H,14,15,16). The third kappa shape index (κ3) is 2.66. The molecule has 7 heteroatoms. The number of nitrogens with zero attached hydrogens (tertiary/aromatic N) is 3. The normalized spacial score (nSPS) is 10.1. The molecule has 0 unspecified atom stereocenters. The maximum atomic E-state index is 11.2. The second-order valence-corrected chi connectivity index (χ2v) is 3.89. The molecule has 0 aliphatic carbocycles. The van der Waals surface area contributed by atoms with Gasteiger partial charge in [-0.1, -0.05) is 12.1 Å². The molecule has 2 aromatic rings. The molecule has 0 aliphatic rings. The van der Waals surface area contributed by atoms with Crippen molar-refractivity contribution in [1.29, 1.82) is 0 Å². The molecule has 7 nitrogen and oxygen atoms in total. The summed E-state index contributed by atoms with van der Waals surface area (Å²) in [4.78, 5) is 18.6. The summed E-state index contributed by atoms with van der Waals surface area (Å²) in [6.07, 6.45) is 1.29. The predicted molar refractivity (Wildman–Crippen MR) is 74.8 cm³/mol. The van der Waals surface area contributed by atoms with E-state index in [9.17, 15) is 10.1 Å². The van der Waals surface area contributed by atoms with Crippen molar-refractivity contribution in [3.63, 3.8) is 0 Å². The molecule has 0 fully saturated rings. The lowest BCUT2D eigenvalue weighted by atomic mass is 10.1. The molecule has 0 aliphatic heterocycles. The Morgan fingerprint density at radius 2 is 2.20 bits per heavy atom. The van der Waals surface area contributed by atoms with Crippen molar-refractivity contribution < 1.29 is 9.66 Å². The lowest BCUT2D eigenvalue weighted by molar-refractivity contribution is -0.383. The summed E-state index contributed by atoms with van der Waals surface area (Å²) in [7, 11) is 1.58. The van der Waals surface area contributed by atoms with Gasteiger partial charge in [0, 0.05) is 12.6 Å². The molecule has 0 bridgehead atoms. The molecule has 1 heterocycles. The largest absolute Gasteiger partial charge is 0.494 e. The van der Waals surface area contributed by atoms with Gasteiger partial charge in [-0.2, -0.15) is 0 Å². The molecule has 2 rings (SSSR count). The number of rotatable bonds is 5. The SMILES string of the molecule is CCOc1cccc(-c2ncnc(NC)c2[N+](=O)[O-])c1. The highest BCUT2D eigenvalue weighted by Gasteiger charge is 2.23. The van der Waals surface area contributed by atoms with Gasteiger partial charge >= 0.3 is 5.69 Å². The van der Waals surface area contributed by atoms with Crippen LogP contribution in [0.5, 0.6) is 5.75 Å². The van der Waals surface area contributed by atoms with E-state index in [1.54, 1.807) is 31.3 Å². The number of nitrogens with one attached hydrogen (secondary N) is 1. The zero-order chi connectivity index (χ0) is 14.5. The fourth-order valence-electron chi connectivity index (χ4n) is 1.85. The van der Waals surface area contributed by atoms with Crippen LogP contribution in [0.1, 0.15) is 6.92 Å². The first-order chi connectivity index (χ1) is 9.67. The van der Waals surface area contributed by atoms with Crippen molar-refractivity contribution >= 4 is 11.5 Å². The molecule has 20 heavy (non-hydrogen) atoms. The number of nitro groups is 1. The molecule has 0 amide bonds. The Kier molecular flexibility index (Phi) is 4.09. The van der Waals surface area contributed by atoms with E-state index in [0.29, 0.717) is 17.9 Å². The molecule has 1 N–H and O–H groups in total. The lowest BCUT2D eigenvalue weighted by Gasteiger charge is -2.08. The lowest BCUT2D eigenvalue weighted by Crippen LogP contribution is -2.03. The summed E-state index contributed by atoms with van der Waals surface area (Å²) >= 11 is 0. The van der Waals surface area contributed by atoms with E-state index in [2.05, 4.69) is 15.3 Å². The first-order valence-electron chi connectivity index (χ1n) is 6.07. The molecule has 0 saturated heterocycles. The molecule has 0 spiro atoms. The Morgan fingerprint density at radius 1 is 1.40 bits per heavy atom. The highest BCUT2D eigenvalue weighted by molar-refractivity contribution is 5.77. The summed E-state index contributed by atoms with van der Waals surface area (Å²) in [5, 5.41) is 13.9. The van der Waals surface area contributed by atoms with E-state index in [4.69, 9.17) is 4.74 Å². The van der Waals surface area contributed by atoms with E-state index in [0.717, 1.165) is 0 Å². The molecule has 1 aromatic carbocycles. The Balaban J connectivity index is 2.57. The predicted octanol–water partition coefficient (Wildman–Crippen LogP) is 2.49. The van der Waals surface area contributed by atoms with Gasteiger partial charge in [0.25, 0.3) is 0 Å². The topological polar surface area (TPSA) is 90.2 Å². The van der Waals surface area contributed by atoms with Crippen molar-refractivity contribution in [3.8, 4) is 17.0 Å². The van der Waals surface area contributed by atoms with Gasteiger partial charge in [0.2, 0.25) is 5.82 Å². The zero-order valence-electron chi connectivity index (χ0n) is 11.2. The third-order valence-electron chi connectivity index (χ3n) is 2.66. The summed E-state index contributed by atoms with van der Waals surface area (Å²) in [5.74, 6) is 0.825. The van der Waals surface area contributed by atoms with Gasteiger partial charge in [0.05, 0.1) is 11.5 Å². The number of hydrogen-bond acceptors (Lipinski definition) is 6. The number of benzene rings is 1. The maximum absolute atomic E-state index is 11.2. The molecule has 0 saturated carbocycles. The summed E-state index contributed by atoms with van der Waals surface area (Å²) < 4.78 is 5.40. The van der Waals surface area contributed by atoms with Gasteiger partial charge in [-0.3, -0.25) is 10.1 Å². The minimum atomic E-state index is -0.492. The fourth-order valence-corrected chi connectivity index (χ4v) is 1.85. The Hall–Kier alpha value is -2.70. The summed E-state index contributed by atoms with van der Waals surface area (Å²) in [5.41, 5.74) is 0.723. The van der Waals surface area contributed by atoms with Gasteiger partial charge in [-0.15, -0.1) is 0 Å². The first-order valence-corrected chi connectivity index (χ1v) is 6.07. The highest BCUT2D eigenvalue weighted by atomic mass is 16.6. The van der Waals surface area contributed by atoms with Crippen molar-refractivity contribution in [2.45, 2.75) is 6.92 Å². The molecule has 0 radical (unpaired) electrons. The quantitative estimate of drug-likeness (QED) is 0.665.